The van der Waals surface area contributed by atoms with Crippen molar-refractivity contribution in [2.75, 3.05) is 20.6 Å². The number of ether oxygens (including phenoxy) is 1. The molecule has 0 rings (SSSR count). The predicted molar refractivity (Wildman–Crippen MR) is 80.0 cm³/mol. The molecule has 0 aliphatic heterocycles. The summed E-state index contributed by atoms with van der Waals surface area (Å²) in [4.78, 5) is 25.4. The maximum atomic E-state index is 12.0. The Morgan fingerprint density at radius 1 is 1.15 bits per heavy atom. The molecule has 0 saturated carbocycles. The molecule has 0 aromatic heterocycles. The summed E-state index contributed by atoms with van der Waals surface area (Å²) in [7, 11) is 3.32. The van der Waals surface area contributed by atoms with Crippen LogP contribution in [0.4, 0.5) is 0 Å². The van der Waals surface area contributed by atoms with E-state index >= 15 is 0 Å². The first kappa shape index (κ1) is 18.9. The summed E-state index contributed by atoms with van der Waals surface area (Å²) in [5.74, 6) is 0.0391. The summed E-state index contributed by atoms with van der Waals surface area (Å²) in [6.45, 7) is 8.39. The van der Waals surface area contributed by atoms with E-state index in [-0.39, 0.29) is 30.1 Å². The summed E-state index contributed by atoms with van der Waals surface area (Å²) in [5, 5.41) is 0. The Kier molecular flexibility index (Phi) is 8.46. The van der Waals surface area contributed by atoms with E-state index < -0.39 is 6.10 Å². The second-order valence-electron chi connectivity index (χ2n) is 6.32. The summed E-state index contributed by atoms with van der Waals surface area (Å²) >= 11 is 0. The van der Waals surface area contributed by atoms with Gasteiger partial charge in [-0.05, 0) is 30.7 Å². The maximum Gasteiger partial charge on any atom is 0.306 e. The van der Waals surface area contributed by atoms with Gasteiger partial charge in [0.15, 0.2) is 6.10 Å². The number of carbonyl (C=O) groups excluding carboxylic acids is 2. The molecule has 0 aromatic carbocycles. The van der Waals surface area contributed by atoms with Crippen molar-refractivity contribution in [3.63, 3.8) is 0 Å². The summed E-state index contributed by atoms with van der Waals surface area (Å²) in [5.41, 5.74) is 5.69. The predicted octanol–water partition coefficient (Wildman–Crippen LogP) is 1.65. The lowest BCUT2D eigenvalue weighted by Crippen LogP contribution is -2.40. The molecule has 1 amide bonds. The normalized spacial score (nSPS) is 14.2. The number of hydrogen-bond acceptors (Lipinski definition) is 4. The molecule has 0 bridgehead atoms. The van der Waals surface area contributed by atoms with Crippen LogP contribution >= 0.6 is 0 Å². The molecule has 5 heteroatoms. The van der Waals surface area contributed by atoms with Gasteiger partial charge in [-0.15, -0.1) is 0 Å². The lowest BCUT2D eigenvalue weighted by atomic mass is 9.94. The second kappa shape index (κ2) is 8.95. The van der Waals surface area contributed by atoms with E-state index in [9.17, 15) is 9.59 Å². The first-order valence-electron chi connectivity index (χ1n) is 7.29. The Hall–Kier alpha value is -1.10. The van der Waals surface area contributed by atoms with Gasteiger partial charge in [-0.3, -0.25) is 9.59 Å². The van der Waals surface area contributed by atoms with Crippen LogP contribution in [0.5, 0.6) is 0 Å². The largest absolute Gasteiger partial charge is 0.452 e. The zero-order valence-electron chi connectivity index (χ0n) is 13.7. The number of amides is 1. The van der Waals surface area contributed by atoms with Gasteiger partial charge < -0.3 is 15.4 Å². The average molecular weight is 286 g/mol. The molecular formula is C15H30N2O3. The molecule has 0 radical (unpaired) electrons. The van der Waals surface area contributed by atoms with Gasteiger partial charge in [0.2, 0.25) is 0 Å². The fourth-order valence-electron chi connectivity index (χ4n) is 2.08. The van der Waals surface area contributed by atoms with Gasteiger partial charge in [0.1, 0.15) is 0 Å². The Balaban J connectivity index is 4.57. The summed E-state index contributed by atoms with van der Waals surface area (Å²) in [6.07, 6.45) is 0.452. The maximum absolute atomic E-state index is 12.0. The van der Waals surface area contributed by atoms with Gasteiger partial charge in [-0.1, -0.05) is 27.7 Å². The lowest BCUT2D eigenvalue weighted by molar-refractivity contribution is -0.162. The minimum absolute atomic E-state index is 0.0460. The number of esters is 1. The first-order chi connectivity index (χ1) is 9.18. The molecule has 2 N–H and O–H groups in total. The van der Waals surface area contributed by atoms with Gasteiger partial charge in [0.05, 0.1) is 0 Å². The van der Waals surface area contributed by atoms with Crippen LogP contribution in [0.1, 0.15) is 40.5 Å². The molecule has 2 atom stereocenters. The third-order valence-electron chi connectivity index (χ3n) is 3.14. The molecule has 0 aromatic rings. The highest BCUT2D eigenvalue weighted by molar-refractivity contribution is 5.83. The zero-order valence-corrected chi connectivity index (χ0v) is 13.7. The number of nitrogens with two attached hydrogens (primary N) is 1. The van der Waals surface area contributed by atoms with Gasteiger partial charge in [0.25, 0.3) is 5.91 Å². The standard InChI is InChI=1S/C15H30N2O3/c1-10(2)7-12(9-16)8-13(18)20-14(11(3)4)15(19)17(5)6/h10-12,14H,7-9,16H2,1-6H3/t12-,14-/m0/s1. The van der Waals surface area contributed by atoms with Crippen molar-refractivity contribution in [2.24, 2.45) is 23.5 Å². The van der Waals surface area contributed by atoms with Crippen molar-refractivity contribution < 1.29 is 14.3 Å². The molecule has 0 fully saturated rings. The van der Waals surface area contributed by atoms with Crippen LogP contribution in [0.3, 0.4) is 0 Å². The van der Waals surface area contributed by atoms with E-state index in [1.54, 1.807) is 14.1 Å². The third kappa shape index (κ3) is 6.89. The van der Waals surface area contributed by atoms with E-state index in [0.717, 1.165) is 6.42 Å². The molecule has 0 aliphatic carbocycles. The molecule has 20 heavy (non-hydrogen) atoms. The van der Waals surface area contributed by atoms with Crippen LogP contribution in [-0.4, -0.2) is 43.5 Å². The second-order valence-corrected chi connectivity index (χ2v) is 6.32. The number of carbonyl (C=O) groups is 2. The van der Waals surface area contributed by atoms with Crippen LogP contribution in [0.25, 0.3) is 0 Å². The Bertz CT molecular complexity index is 314. The Labute approximate surface area is 122 Å². The summed E-state index contributed by atoms with van der Waals surface area (Å²) in [6, 6.07) is 0. The zero-order chi connectivity index (χ0) is 15.9. The van der Waals surface area contributed by atoms with Crippen LogP contribution in [-0.2, 0) is 14.3 Å². The van der Waals surface area contributed by atoms with E-state index in [1.165, 1.54) is 4.90 Å². The molecule has 0 spiro atoms. The third-order valence-corrected chi connectivity index (χ3v) is 3.14. The highest BCUT2D eigenvalue weighted by Crippen LogP contribution is 2.17. The topological polar surface area (TPSA) is 72.6 Å². The monoisotopic (exact) mass is 286 g/mol. The van der Waals surface area contributed by atoms with Crippen LogP contribution in [0.15, 0.2) is 0 Å². The van der Waals surface area contributed by atoms with Crippen molar-refractivity contribution in [2.45, 2.75) is 46.6 Å². The molecule has 0 aliphatic rings. The molecule has 0 heterocycles. The van der Waals surface area contributed by atoms with Crippen molar-refractivity contribution >= 4 is 11.9 Å². The van der Waals surface area contributed by atoms with E-state index in [0.29, 0.717) is 12.5 Å². The Morgan fingerprint density at radius 2 is 1.70 bits per heavy atom. The summed E-state index contributed by atoms with van der Waals surface area (Å²) < 4.78 is 5.36. The lowest BCUT2D eigenvalue weighted by Gasteiger charge is -2.24. The molecule has 118 valence electrons. The van der Waals surface area contributed by atoms with Crippen LogP contribution in [0, 0.1) is 17.8 Å². The number of likely N-dealkylation sites (N-methyl/N-ethyl adjacent to an activating group) is 1. The van der Waals surface area contributed by atoms with Crippen molar-refractivity contribution in [1.82, 2.24) is 4.90 Å². The van der Waals surface area contributed by atoms with Gasteiger partial charge in [-0.25, -0.2) is 0 Å². The van der Waals surface area contributed by atoms with Crippen LogP contribution in [0.2, 0.25) is 0 Å². The molecule has 0 unspecified atom stereocenters. The van der Waals surface area contributed by atoms with Crippen molar-refractivity contribution in [1.29, 1.82) is 0 Å². The van der Waals surface area contributed by atoms with Gasteiger partial charge in [-0.2, -0.15) is 0 Å². The van der Waals surface area contributed by atoms with Crippen LogP contribution < -0.4 is 5.73 Å². The van der Waals surface area contributed by atoms with E-state index in [2.05, 4.69) is 13.8 Å². The first-order valence-corrected chi connectivity index (χ1v) is 7.29. The number of hydrogen-bond donors (Lipinski definition) is 1. The molecule has 0 saturated heterocycles. The van der Waals surface area contributed by atoms with E-state index in [4.69, 9.17) is 10.5 Å². The van der Waals surface area contributed by atoms with Gasteiger partial charge in [0, 0.05) is 20.5 Å². The molecular weight excluding hydrogens is 256 g/mol. The quantitative estimate of drug-likeness (QED) is 0.689. The van der Waals surface area contributed by atoms with Crippen molar-refractivity contribution in [3.8, 4) is 0 Å². The van der Waals surface area contributed by atoms with Gasteiger partial charge >= 0.3 is 5.97 Å². The minimum Gasteiger partial charge on any atom is -0.452 e. The highest BCUT2D eigenvalue weighted by Gasteiger charge is 2.28. The highest BCUT2D eigenvalue weighted by atomic mass is 16.5. The molecule has 5 nitrogen and oxygen atoms in total. The fraction of sp³-hybridized carbons (Fsp3) is 0.867. The van der Waals surface area contributed by atoms with Crippen molar-refractivity contribution in [3.05, 3.63) is 0 Å². The number of nitrogens with zero attached hydrogens (tertiary/aromatic N) is 1. The number of rotatable bonds is 8. The average Bonchev–Trinajstić information content (AvgIpc) is 2.33. The SMILES string of the molecule is CC(C)C[C@H](CN)CC(=O)O[C@H](C(=O)N(C)C)C(C)C. The fourth-order valence-corrected chi connectivity index (χ4v) is 2.08. The van der Waals surface area contributed by atoms with E-state index in [1.807, 2.05) is 13.8 Å². The smallest absolute Gasteiger partial charge is 0.306 e. The Morgan fingerprint density at radius 3 is 2.05 bits per heavy atom. The minimum atomic E-state index is -0.713.